The summed E-state index contributed by atoms with van der Waals surface area (Å²) in [4.78, 5) is 32.6. The molecule has 1 aromatic carbocycles. The number of aromatic carboxylic acids is 1. The average molecular weight is 385 g/mol. The molecule has 1 fully saturated rings. The van der Waals surface area contributed by atoms with Gasteiger partial charge in [-0.15, -0.1) is 0 Å². The SMILES string of the molecule is O=C(O)c1ccc(C2CCCN(C(=O)CC3=CSC4=NCCCN34)C2)cc1. The molecule has 3 aliphatic rings. The lowest BCUT2D eigenvalue weighted by molar-refractivity contribution is -0.131. The lowest BCUT2D eigenvalue weighted by Crippen LogP contribution is -2.40. The number of benzene rings is 1. The van der Waals surface area contributed by atoms with Crippen molar-refractivity contribution in [2.24, 2.45) is 4.99 Å². The van der Waals surface area contributed by atoms with E-state index in [4.69, 9.17) is 5.11 Å². The number of thioether (sulfide) groups is 1. The Balaban J connectivity index is 1.39. The van der Waals surface area contributed by atoms with Crippen LogP contribution in [0.15, 0.2) is 40.4 Å². The second kappa shape index (κ2) is 7.76. The van der Waals surface area contributed by atoms with Crippen LogP contribution in [0.1, 0.15) is 47.5 Å². The van der Waals surface area contributed by atoms with Gasteiger partial charge >= 0.3 is 5.97 Å². The number of carbonyl (C=O) groups excluding carboxylic acids is 1. The predicted molar refractivity (Wildman–Crippen MR) is 106 cm³/mol. The minimum Gasteiger partial charge on any atom is -0.478 e. The van der Waals surface area contributed by atoms with Crippen molar-refractivity contribution < 1.29 is 14.7 Å². The van der Waals surface area contributed by atoms with Gasteiger partial charge in [-0.25, -0.2) is 4.79 Å². The molecule has 0 aliphatic carbocycles. The first-order chi connectivity index (χ1) is 13.1. The highest BCUT2D eigenvalue weighted by Crippen LogP contribution is 2.32. The zero-order chi connectivity index (χ0) is 18.8. The molecule has 1 N–H and O–H groups in total. The molecular weight excluding hydrogens is 362 g/mol. The van der Waals surface area contributed by atoms with E-state index in [0.717, 1.165) is 55.3 Å². The van der Waals surface area contributed by atoms with Crippen molar-refractivity contribution in [3.63, 3.8) is 0 Å². The highest BCUT2D eigenvalue weighted by molar-refractivity contribution is 8.16. The third-order valence-corrected chi connectivity index (χ3v) is 6.35. The van der Waals surface area contributed by atoms with Crippen molar-refractivity contribution in [2.45, 2.75) is 31.6 Å². The number of nitrogens with zero attached hydrogens (tertiary/aromatic N) is 3. The van der Waals surface area contributed by atoms with Crippen LogP contribution in [-0.4, -0.2) is 58.1 Å². The van der Waals surface area contributed by atoms with Gasteiger partial charge in [0.2, 0.25) is 5.91 Å². The maximum absolute atomic E-state index is 12.9. The number of rotatable bonds is 4. The van der Waals surface area contributed by atoms with Gasteiger partial charge in [-0.2, -0.15) is 0 Å². The van der Waals surface area contributed by atoms with E-state index in [2.05, 4.69) is 15.3 Å². The molecular formula is C20H23N3O3S. The number of likely N-dealkylation sites (tertiary alicyclic amines) is 1. The first kappa shape index (κ1) is 18.1. The number of hydrogen-bond donors (Lipinski definition) is 1. The van der Waals surface area contributed by atoms with Crippen molar-refractivity contribution in [3.05, 3.63) is 46.5 Å². The minimum atomic E-state index is -0.912. The van der Waals surface area contributed by atoms with E-state index in [1.807, 2.05) is 17.0 Å². The fourth-order valence-electron chi connectivity index (χ4n) is 3.91. The summed E-state index contributed by atoms with van der Waals surface area (Å²) in [6.45, 7) is 3.32. The minimum absolute atomic E-state index is 0.167. The molecule has 0 saturated carbocycles. The Morgan fingerprint density at radius 1 is 1.19 bits per heavy atom. The summed E-state index contributed by atoms with van der Waals surface area (Å²) in [5.41, 5.74) is 2.47. The van der Waals surface area contributed by atoms with Gasteiger partial charge in [0.15, 0.2) is 5.17 Å². The average Bonchev–Trinajstić information content (AvgIpc) is 3.11. The monoisotopic (exact) mass is 385 g/mol. The smallest absolute Gasteiger partial charge is 0.335 e. The molecule has 27 heavy (non-hydrogen) atoms. The Hall–Kier alpha value is -2.28. The number of carboxylic acids is 1. The van der Waals surface area contributed by atoms with Crippen LogP contribution in [0, 0.1) is 0 Å². The highest BCUT2D eigenvalue weighted by atomic mass is 32.2. The number of aliphatic imine (C=N–C) groups is 1. The molecule has 1 aromatic rings. The summed E-state index contributed by atoms with van der Waals surface area (Å²) in [5, 5.41) is 12.1. The largest absolute Gasteiger partial charge is 0.478 e. The van der Waals surface area contributed by atoms with Gasteiger partial charge in [0.25, 0.3) is 0 Å². The van der Waals surface area contributed by atoms with Crippen LogP contribution in [0.25, 0.3) is 0 Å². The Morgan fingerprint density at radius 3 is 2.78 bits per heavy atom. The van der Waals surface area contributed by atoms with E-state index in [-0.39, 0.29) is 11.8 Å². The van der Waals surface area contributed by atoms with Crippen molar-refractivity contribution in [2.75, 3.05) is 26.2 Å². The van der Waals surface area contributed by atoms with E-state index in [1.54, 1.807) is 23.9 Å². The Labute approximate surface area is 162 Å². The number of fused-ring (bicyclic) bond motifs is 1. The lowest BCUT2D eigenvalue weighted by Gasteiger charge is -2.34. The summed E-state index contributed by atoms with van der Waals surface area (Å²) >= 11 is 1.62. The van der Waals surface area contributed by atoms with E-state index in [0.29, 0.717) is 18.5 Å². The molecule has 142 valence electrons. The predicted octanol–water partition coefficient (Wildman–Crippen LogP) is 3.13. The fraction of sp³-hybridized carbons (Fsp3) is 0.450. The maximum atomic E-state index is 12.9. The van der Waals surface area contributed by atoms with Crippen LogP contribution < -0.4 is 0 Å². The summed E-state index contributed by atoms with van der Waals surface area (Å²) in [7, 11) is 0. The molecule has 7 heteroatoms. The highest BCUT2D eigenvalue weighted by Gasteiger charge is 2.30. The van der Waals surface area contributed by atoms with E-state index in [1.165, 1.54) is 0 Å². The topological polar surface area (TPSA) is 73.2 Å². The molecule has 3 aliphatic heterocycles. The molecule has 6 nitrogen and oxygen atoms in total. The lowest BCUT2D eigenvalue weighted by atomic mass is 9.90. The molecule has 1 saturated heterocycles. The van der Waals surface area contributed by atoms with E-state index >= 15 is 0 Å². The molecule has 0 radical (unpaired) electrons. The molecule has 1 unspecified atom stereocenters. The number of amides is 1. The van der Waals surface area contributed by atoms with Gasteiger partial charge in [-0.05, 0) is 42.4 Å². The van der Waals surface area contributed by atoms with E-state index in [9.17, 15) is 9.59 Å². The van der Waals surface area contributed by atoms with Gasteiger partial charge in [-0.1, -0.05) is 23.9 Å². The van der Waals surface area contributed by atoms with Crippen molar-refractivity contribution >= 4 is 28.8 Å². The van der Waals surface area contributed by atoms with Gasteiger partial charge in [0, 0.05) is 37.8 Å². The fourth-order valence-corrected chi connectivity index (χ4v) is 4.87. The molecule has 1 atom stereocenters. The summed E-state index contributed by atoms with van der Waals surface area (Å²) in [5.74, 6) is -0.476. The second-order valence-electron chi connectivity index (χ2n) is 7.18. The normalized spacial score (nSPS) is 22.1. The van der Waals surface area contributed by atoms with Crippen molar-refractivity contribution in [1.82, 2.24) is 9.80 Å². The second-order valence-corrected chi connectivity index (χ2v) is 8.02. The Kier molecular flexibility index (Phi) is 5.20. The van der Waals surface area contributed by atoms with Crippen LogP contribution >= 0.6 is 11.8 Å². The summed E-state index contributed by atoms with van der Waals surface area (Å²) in [6.07, 6.45) is 3.46. The Bertz CT molecular complexity index is 803. The van der Waals surface area contributed by atoms with Crippen LogP contribution in [0.4, 0.5) is 0 Å². The van der Waals surface area contributed by atoms with Crippen molar-refractivity contribution in [3.8, 4) is 0 Å². The zero-order valence-electron chi connectivity index (χ0n) is 15.1. The van der Waals surface area contributed by atoms with Gasteiger partial charge in [-0.3, -0.25) is 9.79 Å². The number of amidine groups is 1. The number of carboxylic acid groups (broad SMARTS) is 1. The van der Waals surface area contributed by atoms with Gasteiger partial charge < -0.3 is 14.9 Å². The molecule has 0 bridgehead atoms. The third-order valence-electron chi connectivity index (χ3n) is 5.40. The zero-order valence-corrected chi connectivity index (χ0v) is 16.0. The van der Waals surface area contributed by atoms with Crippen LogP contribution in [0.5, 0.6) is 0 Å². The van der Waals surface area contributed by atoms with Crippen LogP contribution in [0.2, 0.25) is 0 Å². The van der Waals surface area contributed by atoms with Crippen LogP contribution in [-0.2, 0) is 4.79 Å². The van der Waals surface area contributed by atoms with Crippen molar-refractivity contribution in [1.29, 1.82) is 0 Å². The number of hydrogen-bond acceptors (Lipinski definition) is 5. The quantitative estimate of drug-likeness (QED) is 0.862. The first-order valence-corrected chi connectivity index (χ1v) is 10.3. The van der Waals surface area contributed by atoms with Gasteiger partial charge in [0.05, 0.1) is 12.0 Å². The molecule has 0 spiro atoms. The molecule has 4 rings (SSSR count). The van der Waals surface area contributed by atoms with Crippen LogP contribution in [0.3, 0.4) is 0 Å². The molecule has 3 heterocycles. The van der Waals surface area contributed by atoms with Gasteiger partial charge in [0.1, 0.15) is 0 Å². The number of piperidine rings is 1. The Morgan fingerprint density at radius 2 is 2.00 bits per heavy atom. The number of carbonyl (C=O) groups is 2. The van der Waals surface area contributed by atoms with E-state index < -0.39 is 5.97 Å². The summed E-state index contributed by atoms with van der Waals surface area (Å²) in [6, 6.07) is 7.07. The molecule has 1 amide bonds. The third kappa shape index (κ3) is 3.88. The maximum Gasteiger partial charge on any atom is 0.335 e. The standard InChI is InChI=1S/C20H23N3O3S/c24-18(11-17-13-27-20-21-8-2-10-23(17)20)22-9-1-3-16(12-22)14-4-6-15(7-5-14)19(25)26/h4-7,13,16H,1-3,8-12H2,(H,25,26). The molecule has 0 aromatic heterocycles. The summed E-state index contributed by atoms with van der Waals surface area (Å²) < 4.78 is 0. The first-order valence-electron chi connectivity index (χ1n) is 9.40.